The summed E-state index contributed by atoms with van der Waals surface area (Å²) in [7, 11) is 0. The Morgan fingerprint density at radius 1 is 1.40 bits per heavy atom. The van der Waals surface area contributed by atoms with Crippen LogP contribution in [0.25, 0.3) is 22.9 Å². The molecule has 0 aliphatic rings. The zero-order chi connectivity index (χ0) is 13.9. The van der Waals surface area contributed by atoms with Crippen LogP contribution in [0.15, 0.2) is 34.4 Å². The lowest BCUT2D eigenvalue weighted by Crippen LogP contribution is -1.89. The number of furan rings is 1. The minimum Gasteiger partial charge on any atom is -0.477 e. The van der Waals surface area contributed by atoms with Gasteiger partial charge in [-0.25, -0.2) is 14.8 Å². The van der Waals surface area contributed by atoms with Gasteiger partial charge in [0, 0.05) is 5.38 Å². The summed E-state index contributed by atoms with van der Waals surface area (Å²) in [6.45, 7) is 0. The van der Waals surface area contributed by atoms with E-state index in [0.717, 1.165) is 27.8 Å². The number of carboxylic acids is 1. The van der Waals surface area contributed by atoms with Crippen LogP contribution in [0.4, 0.5) is 0 Å². The highest BCUT2D eigenvalue weighted by Gasteiger charge is 2.07. The average molecular weight is 304 g/mol. The smallest absolute Gasteiger partial charge is 0.347 e. The molecule has 100 valence electrons. The van der Waals surface area contributed by atoms with E-state index in [1.165, 1.54) is 17.5 Å². The third-order valence-electron chi connectivity index (χ3n) is 2.38. The Bertz CT molecular complexity index is 756. The molecule has 3 aromatic heterocycles. The van der Waals surface area contributed by atoms with Crippen molar-refractivity contribution in [2.75, 3.05) is 0 Å². The summed E-state index contributed by atoms with van der Waals surface area (Å²) in [4.78, 5) is 19.4. The van der Waals surface area contributed by atoms with Crippen LogP contribution < -0.4 is 0 Å². The normalized spacial score (nSPS) is 11.2. The predicted molar refractivity (Wildman–Crippen MR) is 77.8 cm³/mol. The summed E-state index contributed by atoms with van der Waals surface area (Å²) < 4.78 is 5.27. The third kappa shape index (κ3) is 2.68. The zero-order valence-electron chi connectivity index (χ0n) is 10.0. The van der Waals surface area contributed by atoms with E-state index in [-0.39, 0.29) is 4.88 Å². The molecule has 1 N–H and O–H groups in total. The fourth-order valence-electron chi connectivity index (χ4n) is 1.50. The molecule has 0 aliphatic heterocycles. The van der Waals surface area contributed by atoms with E-state index in [2.05, 4.69) is 9.97 Å². The maximum atomic E-state index is 10.7. The second-order valence-electron chi connectivity index (χ2n) is 3.76. The van der Waals surface area contributed by atoms with E-state index in [1.807, 2.05) is 17.5 Å². The number of nitrogens with zero attached hydrogens (tertiary/aromatic N) is 2. The maximum Gasteiger partial charge on any atom is 0.347 e. The van der Waals surface area contributed by atoms with E-state index in [4.69, 9.17) is 9.52 Å². The molecule has 0 bridgehead atoms. The Morgan fingerprint density at radius 2 is 2.30 bits per heavy atom. The number of carbonyl (C=O) groups is 1. The molecule has 5 nitrogen and oxygen atoms in total. The number of aromatic nitrogens is 2. The minimum absolute atomic E-state index is 0.221. The van der Waals surface area contributed by atoms with Crippen LogP contribution in [0.3, 0.4) is 0 Å². The molecule has 0 aromatic carbocycles. The van der Waals surface area contributed by atoms with Crippen molar-refractivity contribution < 1.29 is 14.3 Å². The Balaban J connectivity index is 1.77. The first-order valence-electron chi connectivity index (χ1n) is 5.59. The molecule has 3 rings (SSSR count). The first-order chi connectivity index (χ1) is 9.72. The van der Waals surface area contributed by atoms with Crippen molar-refractivity contribution in [3.8, 4) is 10.8 Å². The second-order valence-corrected chi connectivity index (χ2v) is 5.68. The lowest BCUT2D eigenvalue weighted by atomic mass is 10.4. The van der Waals surface area contributed by atoms with Crippen molar-refractivity contribution in [2.24, 2.45) is 0 Å². The molecule has 0 fully saturated rings. The highest BCUT2D eigenvalue weighted by Crippen LogP contribution is 2.25. The summed E-state index contributed by atoms with van der Waals surface area (Å²) in [6, 6.07) is 3.67. The van der Waals surface area contributed by atoms with E-state index >= 15 is 0 Å². The second kappa shape index (κ2) is 5.40. The number of hydrogen-bond acceptors (Lipinski definition) is 6. The van der Waals surface area contributed by atoms with Crippen LogP contribution in [0.2, 0.25) is 0 Å². The van der Waals surface area contributed by atoms with Crippen LogP contribution in [0, 0.1) is 0 Å². The Hall–Kier alpha value is -2.25. The lowest BCUT2D eigenvalue weighted by Gasteiger charge is -1.86. The third-order valence-corrected chi connectivity index (χ3v) is 4.21. The van der Waals surface area contributed by atoms with Gasteiger partial charge < -0.3 is 9.52 Å². The molecule has 0 unspecified atom stereocenters. The molecule has 0 radical (unpaired) electrons. The lowest BCUT2D eigenvalue weighted by molar-refractivity contribution is 0.0702. The van der Waals surface area contributed by atoms with E-state index in [1.54, 1.807) is 18.4 Å². The molecule has 7 heteroatoms. The van der Waals surface area contributed by atoms with Gasteiger partial charge in [-0.1, -0.05) is 0 Å². The summed E-state index contributed by atoms with van der Waals surface area (Å²) in [5, 5.41) is 12.2. The monoisotopic (exact) mass is 304 g/mol. The van der Waals surface area contributed by atoms with Crippen molar-refractivity contribution in [1.29, 1.82) is 0 Å². The summed E-state index contributed by atoms with van der Waals surface area (Å²) in [5.74, 6) is -0.229. The highest BCUT2D eigenvalue weighted by molar-refractivity contribution is 7.14. The van der Waals surface area contributed by atoms with Crippen LogP contribution >= 0.6 is 22.7 Å². The molecule has 0 saturated heterocycles. The highest BCUT2D eigenvalue weighted by atomic mass is 32.1. The summed E-state index contributed by atoms with van der Waals surface area (Å²) >= 11 is 2.61. The first kappa shape index (κ1) is 12.8. The maximum absolute atomic E-state index is 10.7. The van der Waals surface area contributed by atoms with Gasteiger partial charge in [-0.05, 0) is 24.3 Å². The molecule has 0 amide bonds. The minimum atomic E-state index is -0.962. The van der Waals surface area contributed by atoms with Gasteiger partial charge in [0.25, 0.3) is 0 Å². The van der Waals surface area contributed by atoms with E-state index < -0.39 is 5.97 Å². The van der Waals surface area contributed by atoms with Crippen LogP contribution in [0.5, 0.6) is 0 Å². The molecule has 20 heavy (non-hydrogen) atoms. The van der Waals surface area contributed by atoms with Crippen LogP contribution in [0.1, 0.15) is 20.4 Å². The first-order valence-corrected chi connectivity index (χ1v) is 7.28. The molecule has 0 spiro atoms. The van der Waals surface area contributed by atoms with Gasteiger partial charge >= 0.3 is 5.97 Å². The number of hydrogen-bond donors (Lipinski definition) is 1. The van der Waals surface area contributed by atoms with Crippen molar-refractivity contribution in [1.82, 2.24) is 9.97 Å². The van der Waals surface area contributed by atoms with Crippen molar-refractivity contribution in [3.05, 3.63) is 45.6 Å². The Labute approximate surface area is 121 Å². The number of carboxylic acid groups (broad SMARTS) is 1. The quantitative estimate of drug-likeness (QED) is 0.794. The standard InChI is InChI=1S/C13H8N2O3S2/c16-13(17)10-6-14-11(20-10)4-3-8-7-19-12(15-8)9-2-1-5-18-9/h1-7H,(H,16,17)/b4-3-. The van der Waals surface area contributed by atoms with Crippen LogP contribution in [-0.2, 0) is 0 Å². The van der Waals surface area contributed by atoms with Crippen molar-refractivity contribution in [3.63, 3.8) is 0 Å². The van der Waals surface area contributed by atoms with E-state index in [0.29, 0.717) is 5.01 Å². The SMILES string of the molecule is O=C(O)c1cnc(/C=C\c2csc(-c3ccco3)n2)s1. The summed E-state index contributed by atoms with van der Waals surface area (Å²) in [5.41, 5.74) is 0.786. The topological polar surface area (TPSA) is 76.2 Å². The molecule has 3 aromatic rings. The van der Waals surface area contributed by atoms with Gasteiger partial charge in [-0.2, -0.15) is 0 Å². The number of rotatable bonds is 4. The molecule has 3 heterocycles. The van der Waals surface area contributed by atoms with Gasteiger partial charge in [0.15, 0.2) is 10.8 Å². The number of aromatic carboxylic acids is 1. The Kier molecular flexibility index (Phi) is 3.44. The van der Waals surface area contributed by atoms with Gasteiger partial charge in [0.2, 0.25) is 0 Å². The predicted octanol–water partition coefficient (Wildman–Crippen LogP) is 3.73. The fraction of sp³-hybridized carbons (Fsp3) is 0. The van der Waals surface area contributed by atoms with Gasteiger partial charge in [0.1, 0.15) is 9.88 Å². The largest absolute Gasteiger partial charge is 0.477 e. The summed E-state index contributed by atoms with van der Waals surface area (Å²) in [6.07, 6.45) is 6.50. The average Bonchev–Trinajstić information content (AvgIpc) is 3.17. The van der Waals surface area contributed by atoms with Gasteiger partial charge in [-0.3, -0.25) is 0 Å². The number of thiazole rings is 2. The molecular weight excluding hydrogens is 296 g/mol. The van der Waals surface area contributed by atoms with Crippen LogP contribution in [-0.4, -0.2) is 21.0 Å². The Morgan fingerprint density at radius 3 is 3.00 bits per heavy atom. The fourth-order valence-corrected chi connectivity index (χ4v) is 2.91. The molecule has 0 atom stereocenters. The molecule has 0 saturated carbocycles. The molecular formula is C13H8N2O3S2. The van der Waals surface area contributed by atoms with Gasteiger partial charge in [0.05, 0.1) is 18.2 Å². The molecule has 0 aliphatic carbocycles. The zero-order valence-corrected chi connectivity index (χ0v) is 11.6. The van der Waals surface area contributed by atoms with Gasteiger partial charge in [-0.15, -0.1) is 22.7 Å². The van der Waals surface area contributed by atoms with Crippen molar-refractivity contribution in [2.45, 2.75) is 0 Å². The van der Waals surface area contributed by atoms with Crippen molar-refractivity contribution >= 4 is 40.8 Å². The van der Waals surface area contributed by atoms with E-state index in [9.17, 15) is 4.79 Å².